The number of nitrogens with zero attached hydrogens (tertiary/aromatic N) is 7. The SMILES string of the molecule is Cc1nc(N2CCC(COc3ccc4nccn4n3)C2)c2ccncc2n1. The summed E-state index contributed by atoms with van der Waals surface area (Å²) in [5.41, 5.74) is 1.70. The highest BCUT2D eigenvalue weighted by Crippen LogP contribution is 2.28. The number of anilines is 1. The van der Waals surface area contributed by atoms with E-state index in [0.717, 1.165) is 47.7 Å². The van der Waals surface area contributed by atoms with Gasteiger partial charge in [-0.3, -0.25) is 4.98 Å². The Morgan fingerprint density at radius 2 is 2.15 bits per heavy atom. The lowest BCUT2D eigenvalue weighted by molar-refractivity contribution is 0.249. The van der Waals surface area contributed by atoms with E-state index in [-0.39, 0.29) is 0 Å². The fraction of sp³-hybridized carbons (Fsp3) is 0.316. The van der Waals surface area contributed by atoms with Crippen LogP contribution in [0.1, 0.15) is 12.2 Å². The van der Waals surface area contributed by atoms with Crippen molar-refractivity contribution < 1.29 is 4.74 Å². The van der Waals surface area contributed by atoms with Crippen molar-refractivity contribution in [3.05, 3.63) is 48.8 Å². The van der Waals surface area contributed by atoms with Gasteiger partial charge in [-0.05, 0) is 25.5 Å². The Morgan fingerprint density at radius 3 is 3.11 bits per heavy atom. The van der Waals surface area contributed by atoms with Crippen LogP contribution < -0.4 is 9.64 Å². The summed E-state index contributed by atoms with van der Waals surface area (Å²) in [7, 11) is 0. The monoisotopic (exact) mass is 361 g/mol. The van der Waals surface area contributed by atoms with Gasteiger partial charge in [0.05, 0.1) is 18.3 Å². The first kappa shape index (κ1) is 15.9. The van der Waals surface area contributed by atoms with E-state index >= 15 is 0 Å². The van der Waals surface area contributed by atoms with Gasteiger partial charge in [-0.1, -0.05) is 0 Å². The van der Waals surface area contributed by atoms with Gasteiger partial charge < -0.3 is 9.64 Å². The first-order valence-corrected chi connectivity index (χ1v) is 9.03. The molecule has 1 saturated heterocycles. The molecule has 8 nitrogen and oxygen atoms in total. The number of aryl methyl sites for hydroxylation is 1. The lowest BCUT2D eigenvalue weighted by atomic mass is 10.1. The Balaban J connectivity index is 1.30. The Kier molecular flexibility index (Phi) is 3.81. The molecule has 0 aliphatic carbocycles. The fourth-order valence-corrected chi connectivity index (χ4v) is 3.56. The highest BCUT2D eigenvalue weighted by Gasteiger charge is 2.26. The number of rotatable bonds is 4. The Hall–Kier alpha value is -3.29. The molecule has 5 rings (SSSR count). The molecule has 0 bridgehead atoms. The molecule has 0 radical (unpaired) electrons. The summed E-state index contributed by atoms with van der Waals surface area (Å²) >= 11 is 0. The van der Waals surface area contributed by atoms with Crippen LogP contribution in [0.4, 0.5) is 5.82 Å². The summed E-state index contributed by atoms with van der Waals surface area (Å²) < 4.78 is 7.66. The van der Waals surface area contributed by atoms with Gasteiger partial charge in [-0.25, -0.2) is 19.5 Å². The normalized spacial score (nSPS) is 17.1. The number of fused-ring (bicyclic) bond motifs is 2. The Bertz CT molecular complexity index is 1110. The van der Waals surface area contributed by atoms with Gasteiger partial charge in [0.25, 0.3) is 0 Å². The van der Waals surface area contributed by atoms with Gasteiger partial charge in [0.1, 0.15) is 11.6 Å². The molecule has 0 aromatic carbocycles. The van der Waals surface area contributed by atoms with Gasteiger partial charge in [-0.15, -0.1) is 5.10 Å². The average Bonchev–Trinajstić information content (AvgIpc) is 3.34. The summed E-state index contributed by atoms with van der Waals surface area (Å²) in [4.78, 5) is 19.9. The van der Waals surface area contributed by atoms with Crippen LogP contribution >= 0.6 is 0 Å². The number of hydrogen-bond acceptors (Lipinski definition) is 7. The van der Waals surface area contributed by atoms with Crippen LogP contribution in [0, 0.1) is 12.8 Å². The number of aromatic nitrogens is 6. The standard InChI is InChI=1S/C19H19N7O/c1-13-22-16-10-20-6-4-15(16)19(23-13)25-8-5-14(11-25)12-27-18-3-2-17-21-7-9-26(17)24-18/h2-4,6-7,9-10,14H,5,8,11-12H2,1H3. The first-order chi connectivity index (χ1) is 13.3. The summed E-state index contributed by atoms with van der Waals surface area (Å²) in [5.74, 6) is 2.80. The highest BCUT2D eigenvalue weighted by atomic mass is 16.5. The molecule has 5 heterocycles. The maximum Gasteiger partial charge on any atom is 0.231 e. The zero-order valence-electron chi connectivity index (χ0n) is 15.0. The first-order valence-electron chi connectivity index (χ1n) is 9.03. The van der Waals surface area contributed by atoms with Gasteiger partial charge in [0.15, 0.2) is 5.65 Å². The molecule has 27 heavy (non-hydrogen) atoms. The van der Waals surface area contributed by atoms with Crippen molar-refractivity contribution in [1.82, 2.24) is 29.5 Å². The lowest BCUT2D eigenvalue weighted by Gasteiger charge is -2.19. The molecule has 1 aliphatic heterocycles. The van der Waals surface area contributed by atoms with Crippen molar-refractivity contribution >= 4 is 22.4 Å². The van der Waals surface area contributed by atoms with E-state index in [4.69, 9.17) is 4.74 Å². The topological polar surface area (TPSA) is 81.3 Å². The Labute approximate surface area is 155 Å². The smallest absolute Gasteiger partial charge is 0.231 e. The number of imidazole rings is 1. The van der Waals surface area contributed by atoms with Crippen molar-refractivity contribution in [2.45, 2.75) is 13.3 Å². The van der Waals surface area contributed by atoms with E-state index in [1.807, 2.05) is 31.3 Å². The molecule has 1 atom stereocenters. The predicted octanol–water partition coefficient (Wildman–Crippen LogP) is 2.28. The summed E-state index contributed by atoms with van der Waals surface area (Å²) in [6.07, 6.45) is 8.19. The summed E-state index contributed by atoms with van der Waals surface area (Å²) in [6.45, 7) is 4.41. The molecule has 136 valence electrons. The van der Waals surface area contributed by atoms with Crippen molar-refractivity contribution in [3.8, 4) is 5.88 Å². The number of hydrogen-bond donors (Lipinski definition) is 0. The maximum absolute atomic E-state index is 5.93. The molecule has 1 unspecified atom stereocenters. The quantitative estimate of drug-likeness (QED) is 0.551. The van der Waals surface area contributed by atoms with E-state index < -0.39 is 0 Å². The minimum Gasteiger partial charge on any atom is -0.476 e. The van der Waals surface area contributed by atoms with Crippen LogP contribution in [0.3, 0.4) is 0 Å². The summed E-state index contributed by atoms with van der Waals surface area (Å²) in [5, 5.41) is 5.46. The molecular weight excluding hydrogens is 342 g/mol. The second-order valence-corrected chi connectivity index (χ2v) is 6.80. The third-order valence-corrected chi connectivity index (χ3v) is 4.87. The minimum atomic E-state index is 0.428. The second-order valence-electron chi connectivity index (χ2n) is 6.80. The number of pyridine rings is 1. The summed E-state index contributed by atoms with van der Waals surface area (Å²) in [6, 6.07) is 5.76. The maximum atomic E-state index is 5.93. The molecule has 1 aliphatic rings. The highest BCUT2D eigenvalue weighted by molar-refractivity contribution is 5.88. The third kappa shape index (κ3) is 3.03. The fourth-order valence-electron chi connectivity index (χ4n) is 3.56. The Morgan fingerprint density at radius 1 is 1.19 bits per heavy atom. The van der Waals surface area contributed by atoms with Crippen molar-refractivity contribution in [2.24, 2.45) is 5.92 Å². The molecule has 4 aromatic rings. The average molecular weight is 361 g/mol. The van der Waals surface area contributed by atoms with Crippen molar-refractivity contribution in [2.75, 3.05) is 24.6 Å². The molecule has 1 fully saturated rings. The van der Waals surface area contributed by atoms with Crippen LogP contribution in [0.25, 0.3) is 16.6 Å². The van der Waals surface area contributed by atoms with Crippen LogP contribution in [-0.4, -0.2) is 49.2 Å². The van der Waals surface area contributed by atoms with Gasteiger partial charge in [-0.2, -0.15) is 0 Å². The molecule has 0 spiro atoms. The van der Waals surface area contributed by atoms with E-state index in [0.29, 0.717) is 18.4 Å². The van der Waals surface area contributed by atoms with Crippen molar-refractivity contribution in [1.29, 1.82) is 0 Å². The van der Waals surface area contributed by atoms with Crippen LogP contribution in [0.15, 0.2) is 43.0 Å². The molecule has 4 aromatic heterocycles. The van der Waals surface area contributed by atoms with Crippen LogP contribution in [0.2, 0.25) is 0 Å². The van der Waals surface area contributed by atoms with E-state index in [1.54, 1.807) is 23.1 Å². The molecule has 8 heteroatoms. The lowest BCUT2D eigenvalue weighted by Crippen LogP contribution is -2.23. The predicted molar refractivity (Wildman–Crippen MR) is 101 cm³/mol. The molecule has 0 saturated carbocycles. The van der Waals surface area contributed by atoms with E-state index in [2.05, 4.69) is 29.9 Å². The number of ether oxygens (including phenoxy) is 1. The van der Waals surface area contributed by atoms with Gasteiger partial charge >= 0.3 is 0 Å². The van der Waals surface area contributed by atoms with E-state index in [1.165, 1.54) is 0 Å². The van der Waals surface area contributed by atoms with Crippen molar-refractivity contribution in [3.63, 3.8) is 0 Å². The molecular formula is C19H19N7O. The largest absolute Gasteiger partial charge is 0.476 e. The zero-order chi connectivity index (χ0) is 18.2. The molecule has 0 amide bonds. The third-order valence-electron chi connectivity index (χ3n) is 4.87. The molecule has 0 N–H and O–H groups in total. The van der Waals surface area contributed by atoms with E-state index in [9.17, 15) is 0 Å². The van der Waals surface area contributed by atoms with Gasteiger partial charge in [0, 0.05) is 49.1 Å². The minimum absolute atomic E-state index is 0.428. The van der Waals surface area contributed by atoms with Gasteiger partial charge in [0.2, 0.25) is 5.88 Å². The van der Waals surface area contributed by atoms with Crippen LogP contribution in [-0.2, 0) is 0 Å². The van der Waals surface area contributed by atoms with Crippen LogP contribution in [0.5, 0.6) is 5.88 Å². The zero-order valence-corrected chi connectivity index (χ0v) is 15.0. The second kappa shape index (κ2) is 6.46.